The van der Waals surface area contributed by atoms with Gasteiger partial charge in [-0.15, -0.1) is 0 Å². The first kappa shape index (κ1) is 14.3. The summed E-state index contributed by atoms with van der Waals surface area (Å²) in [4.78, 5) is 11.6. The maximum atomic E-state index is 12.8. The molecular formula is C14H11ClF3N3. The average molecular weight is 314 g/mol. The number of aromatic nitrogens is 3. The van der Waals surface area contributed by atoms with E-state index in [9.17, 15) is 13.2 Å². The molecule has 0 bridgehead atoms. The van der Waals surface area contributed by atoms with Crippen molar-refractivity contribution in [2.24, 2.45) is 0 Å². The van der Waals surface area contributed by atoms with Gasteiger partial charge in [0.1, 0.15) is 5.69 Å². The molecule has 21 heavy (non-hydrogen) atoms. The Bertz CT molecular complexity index is 673. The third kappa shape index (κ3) is 2.85. The van der Waals surface area contributed by atoms with Crippen LogP contribution >= 0.6 is 11.6 Å². The molecule has 7 heteroatoms. The summed E-state index contributed by atoms with van der Waals surface area (Å²) >= 11 is 5.66. The second kappa shape index (κ2) is 5.26. The molecule has 0 saturated carbocycles. The highest BCUT2D eigenvalue weighted by Crippen LogP contribution is 2.37. The molecule has 0 aliphatic heterocycles. The fourth-order valence-corrected chi connectivity index (χ4v) is 2.85. The van der Waals surface area contributed by atoms with E-state index in [1.807, 2.05) is 12.1 Å². The lowest BCUT2D eigenvalue weighted by atomic mass is 9.84. The maximum Gasteiger partial charge on any atom is 0.433 e. The van der Waals surface area contributed by atoms with E-state index in [4.69, 9.17) is 11.6 Å². The van der Waals surface area contributed by atoms with E-state index in [1.54, 1.807) is 6.20 Å². The number of halogens is 4. The minimum Gasteiger partial charge on any atom is -0.260 e. The number of rotatable bonds is 1. The molecule has 1 aliphatic rings. The molecule has 1 aliphatic carbocycles. The van der Waals surface area contributed by atoms with Crippen LogP contribution in [0.5, 0.6) is 0 Å². The third-order valence-electron chi connectivity index (χ3n) is 3.56. The van der Waals surface area contributed by atoms with Gasteiger partial charge in [0, 0.05) is 12.1 Å². The van der Waals surface area contributed by atoms with Gasteiger partial charge in [0.05, 0.1) is 11.4 Å². The SMILES string of the molecule is FC(F)(F)c1cc(C2CCCc3cccnc32)nc(Cl)n1. The predicted octanol–water partition coefficient (Wildman–Crippen LogP) is 4.01. The molecule has 3 nitrogen and oxygen atoms in total. The monoisotopic (exact) mass is 313 g/mol. The van der Waals surface area contributed by atoms with Crippen molar-refractivity contribution in [1.82, 2.24) is 15.0 Å². The highest BCUT2D eigenvalue weighted by molar-refractivity contribution is 6.28. The average Bonchev–Trinajstić information content (AvgIpc) is 2.45. The van der Waals surface area contributed by atoms with Crippen molar-refractivity contribution in [1.29, 1.82) is 0 Å². The Morgan fingerprint density at radius 3 is 2.81 bits per heavy atom. The third-order valence-corrected chi connectivity index (χ3v) is 3.73. The number of hydrogen-bond acceptors (Lipinski definition) is 3. The molecule has 0 N–H and O–H groups in total. The Hall–Kier alpha value is -1.69. The van der Waals surface area contributed by atoms with Gasteiger partial charge in [-0.05, 0) is 48.6 Å². The lowest BCUT2D eigenvalue weighted by Gasteiger charge is -2.24. The standard InChI is InChI=1S/C14H11ClF3N3/c15-13-20-10(7-11(21-13)14(16,17)18)9-5-1-3-8-4-2-6-19-12(8)9/h2,4,6-7,9H,1,3,5H2. The van der Waals surface area contributed by atoms with Gasteiger partial charge in [0.15, 0.2) is 0 Å². The second-order valence-corrected chi connectivity index (χ2v) is 5.28. The van der Waals surface area contributed by atoms with Crippen molar-refractivity contribution in [3.8, 4) is 0 Å². The van der Waals surface area contributed by atoms with Crippen LogP contribution in [0.2, 0.25) is 5.28 Å². The van der Waals surface area contributed by atoms with Crippen molar-refractivity contribution in [3.05, 3.63) is 52.3 Å². The summed E-state index contributed by atoms with van der Waals surface area (Å²) in [5.74, 6) is -0.267. The normalized spacial score (nSPS) is 18.4. The largest absolute Gasteiger partial charge is 0.433 e. The van der Waals surface area contributed by atoms with Crippen LogP contribution in [0.4, 0.5) is 13.2 Å². The molecule has 2 aromatic rings. The summed E-state index contributed by atoms with van der Waals surface area (Å²) in [5, 5.41) is -0.386. The van der Waals surface area contributed by atoms with E-state index in [1.165, 1.54) is 0 Å². The summed E-state index contributed by atoms with van der Waals surface area (Å²) in [6.45, 7) is 0. The molecule has 110 valence electrons. The van der Waals surface area contributed by atoms with Crippen molar-refractivity contribution in [2.75, 3.05) is 0 Å². The van der Waals surface area contributed by atoms with Gasteiger partial charge < -0.3 is 0 Å². The van der Waals surface area contributed by atoms with Crippen LogP contribution in [0, 0.1) is 0 Å². The number of hydrogen-bond donors (Lipinski definition) is 0. The molecule has 3 rings (SSSR count). The van der Waals surface area contributed by atoms with Gasteiger partial charge in [-0.2, -0.15) is 13.2 Å². The zero-order valence-electron chi connectivity index (χ0n) is 10.9. The summed E-state index contributed by atoms with van der Waals surface area (Å²) < 4.78 is 38.5. The first-order chi connectivity index (χ1) is 9.95. The van der Waals surface area contributed by atoms with Crippen LogP contribution in [0.25, 0.3) is 0 Å². The van der Waals surface area contributed by atoms with Gasteiger partial charge in [0.2, 0.25) is 5.28 Å². The molecule has 0 amide bonds. The highest BCUT2D eigenvalue weighted by Gasteiger charge is 2.35. The topological polar surface area (TPSA) is 38.7 Å². The van der Waals surface area contributed by atoms with E-state index in [-0.39, 0.29) is 16.9 Å². The van der Waals surface area contributed by atoms with Crippen molar-refractivity contribution in [3.63, 3.8) is 0 Å². The van der Waals surface area contributed by atoms with Crippen LogP contribution in [-0.4, -0.2) is 15.0 Å². The smallest absolute Gasteiger partial charge is 0.260 e. The molecule has 1 atom stereocenters. The molecular weight excluding hydrogens is 303 g/mol. The van der Waals surface area contributed by atoms with Gasteiger partial charge in [-0.3, -0.25) is 4.98 Å². The van der Waals surface area contributed by atoms with Crippen LogP contribution < -0.4 is 0 Å². The van der Waals surface area contributed by atoms with Crippen molar-refractivity contribution >= 4 is 11.6 Å². The minimum absolute atomic E-state index is 0.267. The summed E-state index contributed by atoms with van der Waals surface area (Å²) in [6.07, 6.45) is -0.431. The molecule has 2 aromatic heterocycles. The quantitative estimate of drug-likeness (QED) is 0.747. The van der Waals surface area contributed by atoms with Crippen molar-refractivity contribution < 1.29 is 13.2 Å². The minimum atomic E-state index is -4.54. The van der Waals surface area contributed by atoms with Gasteiger partial charge in [0.25, 0.3) is 0 Å². The van der Waals surface area contributed by atoms with Gasteiger partial charge >= 0.3 is 6.18 Å². The van der Waals surface area contributed by atoms with E-state index in [0.717, 1.165) is 30.2 Å². The number of aryl methyl sites for hydroxylation is 1. The fraction of sp³-hybridized carbons (Fsp3) is 0.357. The first-order valence-corrected chi connectivity index (χ1v) is 6.88. The molecule has 0 spiro atoms. The van der Waals surface area contributed by atoms with E-state index >= 15 is 0 Å². The lowest BCUT2D eigenvalue weighted by molar-refractivity contribution is -0.141. The zero-order chi connectivity index (χ0) is 15.0. The van der Waals surface area contributed by atoms with Crippen LogP contribution in [0.1, 0.15) is 41.4 Å². The summed E-state index contributed by atoms with van der Waals surface area (Å²) in [6, 6.07) is 4.75. The number of nitrogens with zero attached hydrogens (tertiary/aromatic N) is 3. The Labute approximate surface area is 124 Å². The number of pyridine rings is 1. The molecule has 2 heterocycles. The Morgan fingerprint density at radius 1 is 1.24 bits per heavy atom. The number of fused-ring (bicyclic) bond motifs is 1. The Morgan fingerprint density at radius 2 is 2.05 bits per heavy atom. The predicted molar refractivity (Wildman–Crippen MR) is 71.1 cm³/mol. The van der Waals surface area contributed by atoms with Crippen LogP contribution in [0.15, 0.2) is 24.4 Å². The molecule has 1 unspecified atom stereocenters. The Kier molecular flexibility index (Phi) is 3.57. The summed E-state index contributed by atoms with van der Waals surface area (Å²) in [7, 11) is 0. The Balaban J connectivity index is 2.08. The molecule has 0 fully saturated rings. The highest BCUT2D eigenvalue weighted by atomic mass is 35.5. The second-order valence-electron chi connectivity index (χ2n) is 4.94. The summed E-state index contributed by atoms with van der Waals surface area (Å²) in [5.41, 5.74) is 1.10. The molecule has 0 radical (unpaired) electrons. The van der Waals surface area contributed by atoms with E-state index in [0.29, 0.717) is 6.42 Å². The van der Waals surface area contributed by atoms with E-state index in [2.05, 4.69) is 15.0 Å². The number of alkyl halides is 3. The van der Waals surface area contributed by atoms with Gasteiger partial charge in [-0.25, -0.2) is 9.97 Å². The zero-order valence-corrected chi connectivity index (χ0v) is 11.6. The van der Waals surface area contributed by atoms with Crippen LogP contribution in [0.3, 0.4) is 0 Å². The molecule has 0 saturated heterocycles. The lowest BCUT2D eigenvalue weighted by Crippen LogP contribution is -2.17. The maximum absolute atomic E-state index is 12.8. The van der Waals surface area contributed by atoms with Gasteiger partial charge in [-0.1, -0.05) is 6.07 Å². The molecule has 0 aromatic carbocycles. The first-order valence-electron chi connectivity index (χ1n) is 6.50. The van der Waals surface area contributed by atoms with Crippen molar-refractivity contribution in [2.45, 2.75) is 31.4 Å². The van der Waals surface area contributed by atoms with E-state index < -0.39 is 11.9 Å². The van der Waals surface area contributed by atoms with Crippen LogP contribution in [-0.2, 0) is 12.6 Å². The fourth-order valence-electron chi connectivity index (χ4n) is 2.66.